The highest BCUT2D eigenvalue weighted by Gasteiger charge is 2.23. The van der Waals surface area contributed by atoms with Crippen LogP contribution in [0, 0.1) is 0 Å². The van der Waals surface area contributed by atoms with Crippen LogP contribution in [0.25, 0.3) is 77.9 Å². The largest absolute Gasteiger partial charge is 0.455 e. The SMILES string of the molecule is c1ccc(-c2ccc(N(c3ccc(-c4ccccc4)cc3)c3ccc(-c4ccccc4-c4oc5ccccc5c4-c4ccccc4-c4ccccc4)cc3)cc2)cc1. The summed E-state index contributed by atoms with van der Waals surface area (Å²) in [7, 11) is 0. The lowest BCUT2D eigenvalue weighted by Gasteiger charge is -2.26. The molecule has 10 rings (SSSR count). The fraction of sp³-hybridized carbons (Fsp3) is 0. The maximum absolute atomic E-state index is 6.85. The van der Waals surface area contributed by atoms with Crippen molar-refractivity contribution in [2.24, 2.45) is 0 Å². The molecule has 0 unspecified atom stereocenters. The monoisotopic (exact) mass is 741 g/mol. The summed E-state index contributed by atoms with van der Waals surface area (Å²) in [6, 6.07) is 83.9. The Labute approximate surface area is 339 Å². The Morgan fingerprint density at radius 3 is 1.12 bits per heavy atom. The van der Waals surface area contributed by atoms with Gasteiger partial charge in [-0.25, -0.2) is 0 Å². The molecular weight excluding hydrogens is 703 g/mol. The third-order valence-corrected chi connectivity index (χ3v) is 11.0. The summed E-state index contributed by atoms with van der Waals surface area (Å²) in [6.07, 6.45) is 0. The molecular formula is C56H39NO. The molecule has 0 fully saturated rings. The van der Waals surface area contributed by atoms with Crippen molar-refractivity contribution in [1.82, 2.24) is 0 Å². The Morgan fingerprint density at radius 1 is 0.259 bits per heavy atom. The van der Waals surface area contributed by atoms with Crippen LogP contribution in [0.5, 0.6) is 0 Å². The molecule has 10 aromatic rings. The first kappa shape index (κ1) is 34.8. The van der Waals surface area contributed by atoms with Gasteiger partial charge in [0.1, 0.15) is 11.3 Å². The molecule has 0 saturated carbocycles. The molecule has 1 heterocycles. The molecule has 0 amide bonds. The Morgan fingerprint density at radius 2 is 0.603 bits per heavy atom. The summed E-state index contributed by atoms with van der Waals surface area (Å²) in [5.74, 6) is 0.864. The Hall–Kier alpha value is -7.68. The van der Waals surface area contributed by atoms with Crippen molar-refractivity contribution in [3.8, 4) is 67.0 Å². The topological polar surface area (TPSA) is 16.4 Å². The van der Waals surface area contributed by atoms with Gasteiger partial charge in [0.15, 0.2) is 0 Å². The van der Waals surface area contributed by atoms with Crippen LogP contribution in [0.4, 0.5) is 17.1 Å². The number of anilines is 3. The van der Waals surface area contributed by atoms with Gasteiger partial charge in [-0.05, 0) is 92.5 Å². The number of fused-ring (bicyclic) bond motifs is 1. The molecule has 0 aliphatic carbocycles. The average molecular weight is 742 g/mol. The van der Waals surface area contributed by atoms with E-state index in [1.165, 1.54) is 33.4 Å². The number of hydrogen-bond acceptors (Lipinski definition) is 2. The minimum atomic E-state index is 0.864. The van der Waals surface area contributed by atoms with Crippen LogP contribution in [0.1, 0.15) is 0 Å². The fourth-order valence-corrected chi connectivity index (χ4v) is 8.11. The van der Waals surface area contributed by atoms with Crippen molar-refractivity contribution in [3.05, 3.63) is 237 Å². The minimum Gasteiger partial charge on any atom is -0.455 e. The first-order valence-corrected chi connectivity index (χ1v) is 19.8. The molecule has 1 aromatic heterocycles. The Balaban J connectivity index is 1.06. The summed E-state index contributed by atoms with van der Waals surface area (Å²) < 4.78 is 6.85. The van der Waals surface area contributed by atoms with E-state index in [-0.39, 0.29) is 0 Å². The van der Waals surface area contributed by atoms with E-state index in [0.717, 1.165) is 61.6 Å². The fourth-order valence-electron chi connectivity index (χ4n) is 8.11. The molecule has 0 radical (unpaired) electrons. The molecule has 58 heavy (non-hydrogen) atoms. The van der Waals surface area contributed by atoms with Gasteiger partial charge >= 0.3 is 0 Å². The smallest absolute Gasteiger partial charge is 0.143 e. The maximum atomic E-state index is 6.85. The Bertz CT molecular complexity index is 2870. The molecule has 0 atom stereocenters. The van der Waals surface area contributed by atoms with E-state index in [0.29, 0.717) is 0 Å². The average Bonchev–Trinajstić information content (AvgIpc) is 3.70. The van der Waals surface area contributed by atoms with E-state index < -0.39 is 0 Å². The van der Waals surface area contributed by atoms with Gasteiger partial charge in [-0.3, -0.25) is 0 Å². The lowest BCUT2D eigenvalue weighted by Crippen LogP contribution is -2.09. The van der Waals surface area contributed by atoms with Crippen molar-refractivity contribution >= 4 is 28.0 Å². The molecule has 0 bridgehead atoms. The van der Waals surface area contributed by atoms with Gasteiger partial charge in [-0.2, -0.15) is 0 Å². The molecule has 9 aromatic carbocycles. The predicted molar refractivity (Wildman–Crippen MR) is 244 cm³/mol. The maximum Gasteiger partial charge on any atom is 0.143 e. The van der Waals surface area contributed by atoms with Gasteiger partial charge in [-0.1, -0.05) is 194 Å². The van der Waals surface area contributed by atoms with Gasteiger partial charge < -0.3 is 9.32 Å². The summed E-state index contributed by atoms with van der Waals surface area (Å²) >= 11 is 0. The molecule has 0 saturated heterocycles. The highest BCUT2D eigenvalue weighted by molar-refractivity contribution is 6.06. The zero-order chi connectivity index (χ0) is 38.7. The lowest BCUT2D eigenvalue weighted by atomic mass is 9.89. The van der Waals surface area contributed by atoms with E-state index in [2.05, 4.69) is 235 Å². The van der Waals surface area contributed by atoms with Gasteiger partial charge in [0.25, 0.3) is 0 Å². The number of furan rings is 1. The standard InChI is InChI=1S/C56H39NO/c1-4-16-40(17-5-1)42-28-34-46(35-29-42)57(47-36-30-43(31-37-47)41-18-6-2-7-19-41)48-38-32-45(33-39-48)50-23-11-13-25-52(50)56-55(53-26-14-15-27-54(53)58-56)51-24-12-10-22-49(51)44-20-8-3-9-21-44/h1-39H. The van der Waals surface area contributed by atoms with Crippen molar-refractivity contribution in [2.45, 2.75) is 0 Å². The van der Waals surface area contributed by atoms with Gasteiger partial charge in [0.05, 0.1) is 0 Å². The number of benzene rings is 9. The molecule has 0 aliphatic rings. The molecule has 2 nitrogen and oxygen atoms in total. The molecule has 2 heteroatoms. The molecule has 274 valence electrons. The predicted octanol–water partition coefficient (Wildman–Crippen LogP) is 15.9. The minimum absolute atomic E-state index is 0.864. The quantitative estimate of drug-likeness (QED) is 0.146. The summed E-state index contributed by atoms with van der Waals surface area (Å²) in [5, 5.41) is 1.10. The first-order valence-electron chi connectivity index (χ1n) is 19.8. The molecule has 0 spiro atoms. The van der Waals surface area contributed by atoms with Crippen LogP contribution in [0.2, 0.25) is 0 Å². The summed E-state index contributed by atoms with van der Waals surface area (Å²) in [6.45, 7) is 0. The number of hydrogen-bond donors (Lipinski definition) is 0. The highest BCUT2D eigenvalue weighted by atomic mass is 16.3. The third-order valence-electron chi connectivity index (χ3n) is 11.0. The Kier molecular flexibility index (Phi) is 9.27. The second-order valence-corrected chi connectivity index (χ2v) is 14.5. The molecule has 0 N–H and O–H groups in total. The van der Waals surface area contributed by atoms with Crippen LogP contribution in [-0.4, -0.2) is 0 Å². The van der Waals surface area contributed by atoms with Crippen LogP contribution in [-0.2, 0) is 0 Å². The van der Waals surface area contributed by atoms with E-state index in [1.54, 1.807) is 0 Å². The van der Waals surface area contributed by atoms with Crippen LogP contribution in [0.15, 0.2) is 241 Å². The van der Waals surface area contributed by atoms with E-state index in [1.807, 2.05) is 6.07 Å². The second kappa shape index (κ2) is 15.5. The van der Waals surface area contributed by atoms with Crippen molar-refractivity contribution in [3.63, 3.8) is 0 Å². The zero-order valence-corrected chi connectivity index (χ0v) is 31.9. The number of nitrogens with zero attached hydrogens (tertiary/aromatic N) is 1. The number of para-hydroxylation sites is 1. The number of rotatable bonds is 9. The van der Waals surface area contributed by atoms with Crippen molar-refractivity contribution < 1.29 is 4.42 Å². The highest BCUT2D eigenvalue weighted by Crippen LogP contribution is 2.47. The van der Waals surface area contributed by atoms with E-state index in [4.69, 9.17) is 4.42 Å². The van der Waals surface area contributed by atoms with Crippen LogP contribution >= 0.6 is 0 Å². The summed E-state index contributed by atoms with van der Waals surface area (Å²) in [4.78, 5) is 2.33. The lowest BCUT2D eigenvalue weighted by molar-refractivity contribution is 0.632. The summed E-state index contributed by atoms with van der Waals surface area (Å²) in [5.41, 5.74) is 16.8. The van der Waals surface area contributed by atoms with E-state index >= 15 is 0 Å². The van der Waals surface area contributed by atoms with Crippen molar-refractivity contribution in [2.75, 3.05) is 4.90 Å². The van der Waals surface area contributed by atoms with E-state index in [9.17, 15) is 0 Å². The molecule has 0 aliphatic heterocycles. The van der Waals surface area contributed by atoms with Gasteiger partial charge in [-0.15, -0.1) is 0 Å². The van der Waals surface area contributed by atoms with Crippen LogP contribution < -0.4 is 4.90 Å². The zero-order valence-electron chi connectivity index (χ0n) is 31.9. The normalized spacial score (nSPS) is 11.1. The third kappa shape index (κ3) is 6.67. The van der Waals surface area contributed by atoms with Gasteiger partial charge in [0, 0.05) is 33.6 Å². The van der Waals surface area contributed by atoms with Crippen LogP contribution in [0.3, 0.4) is 0 Å². The first-order chi connectivity index (χ1) is 28.8. The van der Waals surface area contributed by atoms with Gasteiger partial charge in [0.2, 0.25) is 0 Å². The second-order valence-electron chi connectivity index (χ2n) is 14.5. The van der Waals surface area contributed by atoms with Crippen molar-refractivity contribution in [1.29, 1.82) is 0 Å².